The Labute approximate surface area is 187 Å². The monoisotopic (exact) mass is 458 g/mol. The molecule has 9 nitrogen and oxygen atoms in total. The predicted octanol–water partition coefficient (Wildman–Crippen LogP) is 2.12. The quantitative estimate of drug-likeness (QED) is 0.588. The third-order valence-corrected chi connectivity index (χ3v) is 7.08. The van der Waals surface area contributed by atoms with E-state index in [4.69, 9.17) is 0 Å². The van der Waals surface area contributed by atoms with Gasteiger partial charge in [0.05, 0.1) is 4.90 Å². The lowest BCUT2D eigenvalue weighted by Gasteiger charge is -2.26. The first-order chi connectivity index (χ1) is 15.1. The summed E-state index contributed by atoms with van der Waals surface area (Å²) in [4.78, 5) is 39.4. The van der Waals surface area contributed by atoms with Gasteiger partial charge in [0.25, 0.3) is 5.91 Å². The molecule has 170 valence electrons. The second-order valence-electron chi connectivity index (χ2n) is 7.71. The van der Waals surface area contributed by atoms with Crippen LogP contribution in [-0.4, -0.2) is 56.1 Å². The lowest BCUT2D eigenvalue weighted by Crippen LogP contribution is -2.44. The normalized spacial score (nSPS) is 18.7. The van der Waals surface area contributed by atoms with Gasteiger partial charge >= 0.3 is 6.03 Å². The van der Waals surface area contributed by atoms with E-state index in [0.29, 0.717) is 18.4 Å². The Bertz CT molecular complexity index is 1130. The van der Waals surface area contributed by atoms with Crippen molar-refractivity contribution in [3.05, 3.63) is 60.2 Å². The fourth-order valence-corrected chi connectivity index (χ4v) is 4.61. The summed E-state index contributed by atoms with van der Waals surface area (Å²) in [6.45, 7) is 1.42. The third-order valence-electron chi connectivity index (χ3n) is 5.27. The van der Waals surface area contributed by atoms with Gasteiger partial charge in [0, 0.05) is 19.8 Å². The third kappa shape index (κ3) is 4.37. The number of imide groups is 1. The Kier molecular flexibility index (Phi) is 6.65. The van der Waals surface area contributed by atoms with E-state index in [0.717, 1.165) is 9.21 Å². The highest BCUT2D eigenvalue weighted by Gasteiger charge is 2.52. The summed E-state index contributed by atoms with van der Waals surface area (Å²) in [5.74, 6) is -1.11. The van der Waals surface area contributed by atoms with E-state index in [1.807, 2.05) is 13.0 Å². The van der Waals surface area contributed by atoms with Crippen LogP contribution in [0.25, 0.3) is 0 Å². The van der Waals surface area contributed by atoms with Crippen molar-refractivity contribution in [1.29, 1.82) is 0 Å². The number of nitrogens with one attached hydrogen (secondary N) is 2. The fraction of sp³-hybridized carbons (Fsp3) is 0.318. The second kappa shape index (κ2) is 9.09. The predicted molar refractivity (Wildman–Crippen MR) is 119 cm³/mol. The smallest absolute Gasteiger partial charge is 0.324 e. The van der Waals surface area contributed by atoms with Crippen molar-refractivity contribution >= 4 is 33.6 Å². The molecule has 1 saturated heterocycles. The molecule has 10 heteroatoms. The highest BCUT2D eigenvalue weighted by molar-refractivity contribution is 7.89. The zero-order chi connectivity index (χ0) is 23.5. The van der Waals surface area contributed by atoms with Crippen molar-refractivity contribution in [2.45, 2.75) is 30.2 Å². The summed E-state index contributed by atoms with van der Waals surface area (Å²) < 4.78 is 25.7. The van der Waals surface area contributed by atoms with Crippen molar-refractivity contribution in [1.82, 2.24) is 14.5 Å². The van der Waals surface area contributed by atoms with Crippen molar-refractivity contribution in [2.75, 3.05) is 26.0 Å². The maximum Gasteiger partial charge on any atom is 0.325 e. The van der Waals surface area contributed by atoms with E-state index in [1.54, 1.807) is 24.3 Å². The molecule has 1 aliphatic rings. The molecule has 0 bridgehead atoms. The molecular formula is C22H26N4O5S. The van der Waals surface area contributed by atoms with Gasteiger partial charge in [-0.15, -0.1) is 0 Å². The molecule has 4 amide bonds. The van der Waals surface area contributed by atoms with Crippen LogP contribution in [0.4, 0.5) is 10.5 Å². The molecule has 2 N–H and O–H groups in total. The Hall–Kier alpha value is -3.24. The molecule has 0 radical (unpaired) electrons. The van der Waals surface area contributed by atoms with Crippen LogP contribution in [0.5, 0.6) is 0 Å². The van der Waals surface area contributed by atoms with Gasteiger partial charge in [0.1, 0.15) is 12.1 Å². The molecule has 1 heterocycles. The summed E-state index contributed by atoms with van der Waals surface area (Å²) in [6.07, 6.45) is 1.04. The fourth-order valence-electron chi connectivity index (χ4n) is 3.67. The maximum atomic E-state index is 13.3. The number of hydrogen-bond acceptors (Lipinski definition) is 5. The molecule has 2 aromatic rings. The summed E-state index contributed by atoms with van der Waals surface area (Å²) in [7, 11) is -0.854. The van der Waals surface area contributed by atoms with Crippen LogP contribution in [0, 0.1) is 0 Å². The highest BCUT2D eigenvalue weighted by Crippen LogP contribution is 2.33. The Morgan fingerprint density at radius 3 is 2.41 bits per heavy atom. The second-order valence-corrected chi connectivity index (χ2v) is 9.86. The van der Waals surface area contributed by atoms with E-state index < -0.39 is 40.0 Å². The minimum atomic E-state index is -3.67. The number of sulfonamides is 1. The standard InChI is InChI=1S/C22H26N4O5S/c1-4-13-22(16-9-6-5-7-10-16)20(28)26(21(29)24-22)15-19(27)23-17-11-8-12-18(14-17)32(30,31)25(2)3/h5-12,14H,4,13,15H2,1-3H3,(H,23,27)(H,24,29)/t22-/m0/s1. The van der Waals surface area contributed by atoms with Gasteiger partial charge < -0.3 is 10.6 Å². The van der Waals surface area contributed by atoms with Crippen LogP contribution >= 0.6 is 0 Å². The average Bonchev–Trinajstić information content (AvgIpc) is 2.99. The molecule has 1 atom stereocenters. The molecule has 1 aliphatic heterocycles. The number of carbonyl (C=O) groups is 3. The number of anilines is 1. The molecule has 0 aliphatic carbocycles. The van der Waals surface area contributed by atoms with Gasteiger partial charge in [0.2, 0.25) is 15.9 Å². The van der Waals surface area contributed by atoms with Gasteiger partial charge in [0.15, 0.2) is 0 Å². The van der Waals surface area contributed by atoms with E-state index in [2.05, 4.69) is 10.6 Å². The van der Waals surface area contributed by atoms with Gasteiger partial charge in [-0.1, -0.05) is 49.7 Å². The lowest BCUT2D eigenvalue weighted by atomic mass is 9.85. The van der Waals surface area contributed by atoms with Crippen LogP contribution in [0.3, 0.4) is 0 Å². The highest BCUT2D eigenvalue weighted by atomic mass is 32.2. The Morgan fingerprint density at radius 1 is 1.09 bits per heavy atom. The number of carbonyl (C=O) groups excluding carboxylic acids is 3. The number of nitrogens with zero attached hydrogens (tertiary/aromatic N) is 2. The van der Waals surface area contributed by atoms with Crippen molar-refractivity contribution in [2.24, 2.45) is 0 Å². The Balaban J connectivity index is 1.79. The zero-order valence-electron chi connectivity index (χ0n) is 18.2. The molecule has 0 unspecified atom stereocenters. The van der Waals surface area contributed by atoms with E-state index >= 15 is 0 Å². The van der Waals surface area contributed by atoms with E-state index in [1.165, 1.54) is 38.4 Å². The topological polar surface area (TPSA) is 116 Å². The molecule has 0 saturated carbocycles. The molecule has 0 spiro atoms. The SMILES string of the molecule is CCC[C@@]1(c2ccccc2)NC(=O)N(CC(=O)Nc2cccc(S(=O)(=O)N(C)C)c2)C1=O. The first-order valence-electron chi connectivity index (χ1n) is 10.1. The maximum absolute atomic E-state index is 13.3. The van der Waals surface area contributed by atoms with Crippen LogP contribution in [0.2, 0.25) is 0 Å². The van der Waals surface area contributed by atoms with E-state index in [9.17, 15) is 22.8 Å². The summed E-state index contributed by atoms with van der Waals surface area (Å²) in [5, 5.41) is 5.33. The van der Waals surface area contributed by atoms with Crippen LogP contribution < -0.4 is 10.6 Å². The minimum absolute atomic E-state index is 0.0151. The molecular weight excluding hydrogens is 432 g/mol. The number of amides is 4. The lowest BCUT2D eigenvalue weighted by molar-refractivity contribution is -0.134. The number of rotatable bonds is 8. The molecule has 0 aromatic heterocycles. The van der Waals surface area contributed by atoms with Gasteiger partial charge in [-0.05, 0) is 30.2 Å². The number of hydrogen-bond donors (Lipinski definition) is 2. The molecule has 2 aromatic carbocycles. The zero-order valence-corrected chi connectivity index (χ0v) is 19.0. The van der Waals surface area contributed by atoms with Crippen molar-refractivity contribution < 1.29 is 22.8 Å². The van der Waals surface area contributed by atoms with Crippen molar-refractivity contribution in [3.63, 3.8) is 0 Å². The van der Waals surface area contributed by atoms with Crippen LogP contribution in [0.15, 0.2) is 59.5 Å². The summed E-state index contributed by atoms with van der Waals surface area (Å²) >= 11 is 0. The number of benzene rings is 2. The largest absolute Gasteiger partial charge is 0.325 e. The van der Waals surface area contributed by atoms with Crippen LogP contribution in [0.1, 0.15) is 25.3 Å². The molecule has 3 rings (SSSR count). The van der Waals surface area contributed by atoms with E-state index in [-0.39, 0.29) is 10.6 Å². The van der Waals surface area contributed by atoms with Gasteiger partial charge in [-0.2, -0.15) is 0 Å². The summed E-state index contributed by atoms with van der Waals surface area (Å²) in [6, 6.07) is 14.1. The van der Waals surface area contributed by atoms with Crippen molar-refractivity contribution in [3.8, 4) is 0 Å². The molecule has 1 fully saturated rings. The average molecular weight is 459 g/mol. The number of urea groups is 1. The first-order valence-corrected chi connectivity index (χ1v) is 11.6. The van der Waals surface area contributed by atoms with Gasteiger partial charge in [-0.25, -0.2) is 17.5 Å². The Morgan fingerprint density at radius 2 is 1.78 bits per heavy atom. The minimum Gasteiger partial charge on any atom is -0.324 e. The first kappa shape index (κ1) is 23.4. The van der Waals surface area contributed by atoms with Crippen LogP contribution in [-0.2, 0) is 25.2 Å². The molecule has 32 heavy (non-hydrogen) atoms. The summed E-state index contributed by atoms with van der Waals surface area (Å²) in [5.41, 5.74) is -0.315. The van der Waals surface area contributed by atoms with Gasteiger partial charge in [-0.3, -0.25) is 14.5 Å².